The van der Waals surface area contributed by atoms with Crippen LogP contribution < -0.4 is 10.6 Å². The van der Waals surface area contributed by atoms with E-state index >= 15 is 0 Å². The Morgan fingerprint density at radius 3 is 2.76 bits per heavy atom. The van der Waals surface area contributed by atoms with Crippen molar-refractivity contribution in [3.63, 3.8) is 0 Å². The fourth-order valence-electron chi connectivity index (χ4n) is 1.82. The third kappa shape index (κ3) is 4.87. The molecule has 2 rings (SSSR count). The number of aromatic nitrogens is 2. The van der Waals surface area contributed by atoms with Crippen molar-refractivity contribution in [1.29, 1.82) is 0 Å². The van der Waals surface area contributed by atoms with E-state index in [1.165, 1.54) is 0 Å². The molecule has 1 aromatic carbocycles. The largest absolute Gasteiger partial charge is 0.351 e. The number of carbonyl (C=O) groups is 1. The number of amides is 1. The van der Waals surface area contributed by atoms with Crippen molar-refractivity contribution in [2.24, 2.45) is 0 Å². The molecular formula is C16H20N4O. The average Bonchev–Trinajstić information content (AvgIpc) is 2.54. The van der Waals surface area contributed by atoms with E-state index in [9.17, 15) is 4.79 Å². The minimum Gasteiger partial charge on any atom is -0.351 e. The SMILES string of the molecule is CCCCNC(=O)c1ccnc(NCc2ccccc2)n1. The maximum Gasteiger partial charge on any atom is 0.270 e. The molecule has 0 spiro atoms. The zero-order valence-corrected chi connectivity index (χ0v) is 12.2. The second-order valence-electron chi connectivity index (χ2n) is 4.71. The predicted octanol–water partition coefficient (Wildman–Crippen LogP) is 2.62. The number of unbranched alkanes of at least 4 members (excludes halogenated alkanes) is 1. The number of nitrogens with one attached hydrogen (secondary N) is 2. The zero-order valence-electron chi connectivity index (χ0n) is 12.2. The first kappa shape index (κ1) is 15.0. The van der Waals surface area contributed by atoms with E-state index in [2.05, 4.69) is 27.5 Å². The summed E-state index contributed by atoms with van der Waals surface area (Å²) in [4.78, 5) is 20.3. The van der Waals surface area contributed by atoms with Gasteiger partial charge in [-0.15, -0.1) is 0 Å². The van der Waals surface area contributed by atoms with Crippen LogP contribution in [0.3, 0.4) is 0 Å². The number of benzene rings is 1. The summed E-state index contributed by atoms with van der Waals surface area (Å²) < 4.78 is 0. The average molecular weight is 284 g/mol. The fraction of sp³-hybridized carbons (Fsp3) is 0.312. The Hall–Kier alpha value is -2.43. The van der Waals surface area contributed by atoms with Crippen LogP contribution in [0.2, 0.25) is 0 Å². The van der Waals surface area contributed by atoms with Gasteiger partial charge in [0, 0.05) is 19.3 Å². The molecule has 1 aromatic heterocycles. The van der Waals surface area contributed by atoms with Crippen LogP contribution >= 0.6 is 0 Å². The second kappa shape index (κ2) is 7.99. The lowest BCUT2D eigenvalue weighted by molar-refractivity contribution is 0.0948. The van der Waals surface area contributed by atoms with Gasteiger partial charge in [0.1, 0.15) is 5.69 Å². The van der Waals surface area contributed by atoms with Crippen molar-refractivity contribution in [2.75, 3.05) is 11.9 Å². The van der Waals surface area contributed by atoms with Crippen LogP contribution in [0.1, 0.15) is 35.8 Å². The quantitative estimate of drug-likeness (QED) is 0.767. The second-order valence-corrected chi connectivity index (χ2v) is 4.71. The van der Waals surface area contributed by atoms with E-state index in [-0.39, 0.29) is 5.91 Å². The molecule has 0 fully saturated rings. The van der Waals surface area contributed by atoms with Gasteiger partial charge in [0.05, 0.1) is 0 Å². The third-order valence-corrected chi connectivity index (χ3v) is 3.00. The van der Waals surface area contributed by atoms with Crippen molar-refractivity contribution in [3.05, 3.63) is 53.9 Å². The summed E-state index contributed by atoms with van der Waals surface area (Å²) in [6.45, 7) is 3.39. The molecule has 1 heterocycles. The lowest BCUT2D eigenvalue weighted by atomic mass is 10.2. The van der Waals surface area contributed by atoms with Gasteiger partial charge >= 0.3 is 0 Å². The summed E-state index contributed by atoms with van der Waals surface area (Å²) >= 11 is 0. The third-order valence-electron chi connectivity index (χ3n) is 3.00. The minimum absolute atomic E-state index is 0.159. The van der Waals surface area contributed by atoms with Crippen molar-refractivity contribution >= 4 is 11.9 Å². The van der Waals surface area contributed by atoms with Gasteiger partial charge in [0.25, 0.3) is 5.91 Å². The Kier molecular flexibility index (Phi) is 5.70. The maximum atomic E-state index is 11.9. The molecule has 5 nitrogen and oxygen atoms in total. The Balaban J connectivity index is 1.92. The highest BCUT2D eigenvalue weighted by Gasteiger charge is 2.07. The molecule has 21 heavy (non-hydrogen) atoms. The van der Waals surface area contributed by atoms with Crippen LogP contribution in [0.25, 0.3) is 0 Å². The molecule has 1 amide bonds. The number of hydrogen-bond acceptors (Lipinski definition) is 4. The highest BCUT2D eigenvalue weighted by molar-refractivity contribution is 5.92. The van der Waals surface area contributed by atoms with Gasteiger partial charge in [-0.1, -0.05) is 43.7 Å². The highest BCUT2D eigenvalue weighted by Crippen LogP contribution is 2.04. The molecule has 0 aliphatic carbocycles. The number of nitrogens with zero attached hydrogens (tertiary/aromatic N) is 2. The van der Waals surface area contributed by atoms with Crippen molar-refractivity contribution in [2.45, 2.75) is 26.3 Å². The van der Waals surface area contributed by atoms with Crippen LogP contribution in [0.4, 0.5) is 5.95 Å². The van der Waals surface area contributed by atoms with Crippen LogP contribution in [0.15, 0.2) is 42.6 Å². The molecule has 2 aromatic rings. The first-order valence-corrected chi connectivity index (χ1v) is 7.18. The molecule has 5 heteroatoms. The van der Waals surface area contributed by atoms with Gasteiger partial charge in [-0.2, -0.15) is 0 Å². The molecular weight excluding hydrogens is 264 g/mol. The first-order chi connectivity index (χ1) is 10.3. The van der Waals surface area contributed by atoms with Crippen LogP contribution in [-0.2, 0) is 6.54 Å². The number of anilines is 1. The molecule has 110 valence electrons. The Morgan fingerprint density at radius 1 is 1.19 bits per heavy atom. The number of carbonyl (C=O) groups excluding carboxylic acids is 1. The summed E-state index contributed by atoms with van der Waals surface area (Å²) in [7, 11) is 0. The molecule has 2 N–H and O–H groups in total. The number of hydrogen-bond donors (Lipinski definition) is 2. The number of rotatable bonds is 7. The summed E-state index contributed by atoms with van der Waals surface area (Å²) in [6.07, 6.45) is 3.61. The molecule has 0 atom stereocenters. The van der Waals surface area contributed by atoms with Crippen LogP contribution in [0.5, 0.6) is 0 Å². The van der Waals surface area contributed by atoms with E-state index in [1.807, 2.05) is 30.3 Å². The predicted molar refractivity (Wildman–Crippen MR) is 83.0 cm³/mol. The van der Waals surface area contributed by atoms with Crippen molar-refractivity contribution < 1.29 is 4.79 Å². The van der Waals surface area contributed by atoms with Crippen molar-refractivity contribution in [3.8, 4) is 0 Å². The Labute approximate surface area is 124 Å². The van der Waals surface area contributed by atoms with Crippen LogP contribution in [0, 0.1) is 0 Å². The molecule has 0 radical (unpaired) electrons. The van der Waals surface area contributed by atoms with E-state index < -0.39 is 0 Å². The fourth-order valence-corrected chi connectivity index (χ4v) is 1.82. The lowest BCUT2D eigenvalue weighted by Crippen LogP contribution is -2.25. The van der Waals surface area contributed by atoms with Crippen LogP contribution in [-0.4, -0.2) is 22.4 Å². The Bertz CT molecular complexity index is 571. The van der Waals surface area contributed by atoms with Gasteiger partial charge in [-0.05, 0) is 18.1 Å². The smallest absolute Gasteiger partial charge is 0.270 e. The molecule has 0 unspecified atom stereocenters. The van der Waals surface area contributed by atoms with E-state index in [0.717, 1.165) is 18.4 Å². The van der Waals surface area contributed by atoms with E-state index in [1.54, 1.807) is 12.3 Å². The molecule has 0 saturated carbocycles. The van der Waals surface area contributed by atoms with Gasteiger partial charge in [0.15, 0.2) is 0 Å². The lowest BCUT2D eigenvalue weighted by Gasteiger charge is -2.07. The maximum absolute atomic E-state index is 11.9. The van der Waals surface area contributed by atoms with Gasteiger partial charge in [-0.3, -0.25) is 4.79 Å². The molecule has 0 saturated heterocycles. The summed E-state index contributed by atoms with van der Waals surface area (Å²) in [6, 6.07) is 11.6. The van der Waals surface area contributed by atoms with E-state index in [4.69, 9.17) is 0 Å². The zero-order chi connectivity index (χ0) is 14.9. The molecule has 0 aliphatic heterocycles. The topological polar surface area (TPSA) is 66.9 Å². The molecule has 0 aliphatic rings. The standard InChI is InChI=1S/C16H20N4O/c1-2-3-10-17-15(21)14-9-11-18-16(20-14)19-12-13-7-5-4-6-8-13/h4-9,11H,2-3,10,12H2,1H3,(H,17,21)(H,18,19,20). The first-order valence-electron chi connectivity index (χ1n) is 7.18. The van der Waals surface area contributed by atoms with Crippen molar-refractivity contribution in [1.82, 2.24) is 15.3 Å². The molecule has 0 bridgehead atoms. The summed E-state index contributed by atoms with van der Waals surface area (Å²) in [5.74, 6) is 0.301. The monoisotopic (exact) mass is 284 g/mol. The summed E-state index contributed by atoms with van der Waals surface area (Å²) in [5.41, 5.74) is 1.52. The highest BCUT2D eigenvalue weighted by atomic mass is 16.1. The van der Waals surface area contributed by atoms with E-state index in [0.29, 0.717) is 24.7 Å². The summed E-state index contributed by atoms with van der Waals surface area (Å²) in [5, 5.41) is 5.97. The normalized spacial score (nSPS) is 10.1. The van der Waals surface area contributed by atoms with Gasteiger partial charge in [-0.25, -0.2) is 9.97 Å². The van der Waals surface area contributed by atoms with Gasteiger partial charge in [0.2, 0.25) is 5.95 Å². The minimum atomic E-state index is -0.159. The Morgan fingerprint density at radius 2 is 2.00 bits per heavy atom. The van der Waals surface area contributed by atoms with Gasteiger partial charge < -0.3 is 10.6 Å².